The molecular weight excluding hydrogens is 209 g/mol. The van der Waals surface area contributed by atoms with Gasteiger partial charge in [0.25, 0.3) is 0 Å². The van der Waals surface area contributed by atoms with E-state index in [0.717, 1.165) is 5.56 Å². The average Bonchev–Trinajstić information content (AvgIpc) is 2.60. The van der Waals surface area contributed by atoms with Crippen LogP contribution in [0.5, 0.6) is 0 Å². The highest BCUT2D eigenvalue weighted by atomic mass is 19.1. The molecule has 16 heavy (non-hydrogen) atoms. The van der Waals surface area contributed by atoms with Crippen LogP contribution < -0.4 is 5.32 Å². The van der Waals surface area contributed by atoms with Gasteiger partial charge in [0.2, 0.25) is 11.8 Å². The minimum Gasteiger partial charge on any atom is -0.424 e. The molecule has 1 heterocycles. The summed E-state index contributed by atoms with van der Waals surface area (Å²) in [5.41, 5.74) is 1.57. The van der Waals surface area contributed by atoms with Gasteiger partial charge in [-0.05, 0) is 30.7 Å². The van der Waals surface area contributed by atoms with Crippen LogP contribution in [0.4, 0.5) is 10.1 Å². The van der Waals surface area contributed by atoms with E-state index in [1.807, 2.05) is 13.0 Å². The van der Waals surface area contributed by atoms with Crippen LogP contribution >= 0.6 is 0 Å². The molecule has 0 amide bonds. The number of hydrogen-bond donors (Lipinski definition) is 1. The lowest BCUT2D eigenvalue weighted by Crippen LogP contribution is -2.00. The zero-order chi connectivity index (χ0) is 11.5. The van der Waals surface area contributed by atoms with Gasteiger partial charge in [0.1, 0.15) is 5.82 Å². The summed E-state index contributed by atoms with van der Waals surface area (Å²) in [4.78, 5) is 0. The van der Waals surface area contributed by atoms with Crippen LogP contribution in [0.1, 0.15) is 17.3 Å². The molecule has 2 aromatic rings. The number of anilines is 1. The second-order valence-corrected chi connectivity index (χ2v) is 3.59. The highest BCUT2D eigenvalue weighted by molar-refractivity contribution is 5.45. The molecule has 84 valence electrons. The van der Waals surface area contributed by atoms with E-state index >= 15 is 0 Å². The summed E-state index contributed by atoms with van der Waals surface area (Å²) in [7, 11) is 0. The first-order chi connectivity index (χ1) is 7.63. The van der Waals surface area contributed by atoms with E-state index in [-0.39, 0.29) is 5.82 Å². The number of rotatable bonds is 3. The molecule has 1 N–H and O–H groups in total. The fraction of sp³-hybridized carbons (Fsp3) is 0.273. The average molecular weight is 221 g/mol. The molecule has 0 aliphatic heterocycles. The van der Waals surface area contributed by atoms with Crippen molar-refractivity contribution in [2.24, 2.45) is 0 Å². The third kappa shape index (κ3) is 2.56. The SMILES string of the molecule is Cc1cc(F)cc(NCc2nnc(C)o2)c1. The summed E-state index contributed by atoms with van der Waals surface area (Å²) in [5.74, 6) is 0.746. The number of aromatic nitrogens is 2. The molecule has 4 nitrogen and oxygen atoms in total. The minimum absolute atomic E-state index is 0.260. The Morgan fingerprint density at radius 1 is 1.25 bits per heavy atom. The zero-order valence-electron chi connectivity index (χ0n) is 9.12. The molecule has 5 heteroatoms. The molecule has 0 radical (unpaired) electrons. The normalized spacial score (nSPS) is 10.4. The van der Waals surface area contributed by atoms with Crippen LogP contribution in [0.2, 0.25) is 0 Å². The third-order valence-corrected chi connectivity index (χ3v) is 2.05. The molecular formula is C11H12FN3O. The number of benzene rings is 1. The Morgan fingerprint density at radius 3 is 2.69 bits per heavy atom. The molecule has 0 fully saturated rings. The molecule has 1 aromatic heterocycles. The van der Waals surface area contributed by atoms with Crippen molar-refractivity contribution in [1.29, 1.82) is 0 Å². The number of nitrogens with one attached hydrogen (secondary N) is 1. The maximum atomic E-state index is 13.1. The largest absolute Gasteiger partial charge is 0.424 e. The lowest BCUT2D eigenvalue weighted by molar-refractivity contribution is 0.474. The maximum Gasteiger partial charge on any atom is 0.235 e. The van der Waals surface area contributed by atoms with Crippen molar-refractivity contribution in [3.63, 3.8) is 0 Å². The van der Waals surface area contributed by atoms with Gasteiger partial charge in [-0.15, -0.1) is 10.2 Å². The summed E-state index contributed by atoms with van der Waals surface area (Å²) in [6.45, 7) is 3.96. The Hall–Kier alpha value is -1.91. The lowest BCUT2D eigenvalue weighted by Gasteiger charge is -2.04. The van der Waals surface area contributed by atoms with Crippen LogP contribution in [0.25, 0.3) is 0 Å². The van der Waals surface area contributed by atoms with Crippen molar-refractivity contribution >= 4 is 5.69 Å². The summed E-state index contributed by atoms with van der Waals surface area (Å²) in [6.07, 6.45) is 0. The smallest absolute Gasteiger partial charge is 0.235 e. The van der Waals surface area contributed by atoms with Gasteiger partial charge in [-0.1, -0.05) is 0 Å². The molecule has 0 saturated carbocycles. The van der Waals surface area contributed by atoms with E-state index in [1.165, 1.54) is 12.1 Å². The lowest BCUT2D eigenvalue weighted by atomic mass is 10.2. The molecule has 0 aliphatic rings. The Bertz CT molecular complexity index is 475. The van der Waals surface area contributed by atoms with E-state index < -0.39 is 0 Å². The molecule has 0 bridgehead atoms. The van der Waals surface area contributed by atoms with Crippen LogP contribution in [-0.4, -0.2) is 10.2 Å². The van der Waals surface area contributed by atoms with Crippen LogP contribution in [0.15, 0.2) is 22.6 Å². The fourth-order valence-corrected chi connectivity index (χ4v) is 1.43. The number of aryl methyl sites for hydroxylation is 2. The van der Waals surface area contributed by atoms with Gasteiger partial charge < -0.3 is 9.73 Å². The first kappa shape index (κ1) is 10.6. The van der Waals surface area contributed by atoms with Crippen molar-refractivity contribution in [1.82, 2.24) is 10.2 Å². The van der Waals surface area contributed by atoms with E-state index in [4.69, 9.17) is 4.42 Å². The molecule has 0 saturated heterocycles. The minimum atomic E-state index is -0.260. The predicted molar refractivity (Wildman–Crippen MR) is 57.5 cm³/mol. The van der Waals surface area contributed by atoms with E-state index in [9.17, 15) is 4.39 Å². The van der Waals surface area contributed by atoms with Gasteiger partial charge in [-0.3, -0.25) is 0 Å². The molecule has 0 atom stereocenters. The summed E-state index contributed by atoms with van der Waals surface area (Å²) >= 11 is 0. The van der Waals surface area contributed by atoms with Crippen molar-refractivity contribution < 1.29 is 8.81 Å². The van der Waals surface area contributed by atoms with E-state index in [2.05, 4.69) is 15.5 Å². The zero-order valence-corrected chi connectivity index (χ0v) is 9.12. The standard InChI is InChI=1S/C11H12FN3O/c1-7-3-9(12)5-10(4-7)13-6-11-15-14-8(2)16-11/h3-5,13H,6H2,1-2H3. The van der Waals surface area contributed by atoms with Gasteiger partial charge in [0, 0.05) is 12.6 Å². The third-order valence-electron chi connectivity index (χ3n) is 2.05. The molecule has 0 unspecified atom stereocenters. The van der Waals surface area contributed by atoms with Crippen molar-refractivity contribution in [3.05, 3.63) is 41.4 Å². The fourth-order valence-electron chi connectivity index (χ4n) is 1.43. The molecule has 1 aromatic carbocycles. The molecule has 0 spiro atoms. The molecule has 0 aliphatic carbocycles. The first-order valence-electron chi connectivity index (χ1n) is 4.93. The summed E-state index contributed by atoms with van der Waals surface area (Å²) in [5, 5.41) is 10.6. The Kier molecular flexibility index (Phi) is 2.85. The van der Waals surface area contributed by atoms with Crippen LogP contribution in [0.3, 0.4) is 0 Å². The quantitative estimate of drug-likeness (QED) is 0.864. The topological polar surface area (TPSA) is 51.0 Å². The predicted octanol–water partition coefficient (Wildman–Crippen LogP) is 2.44. The number of halogens is 1. The van der Waals surface area contributed by atoms with Gasteiger partial charge in [-0.25, -0.2) is 4.39 Å². The van der Waals surface area contributed by atoms with Crippen molar-refractivity contribution in [2.45, 2.75) is 20.4 Å². The number of nitrogens with zero attached hydrogens (tertiary/aromatic N) is 2. The van der Waals surface area contributed by atoms with E-state index in [1.54, 1.807) is 6.92 Å². The first-order valence-corrected chi connectivity index (χ1v) is 4.93. The van der Waals surface area contributed by atoms with Gasteiger partial charge >= 0.3 is 0 Å². The second kappa shape index (κ2) is 4.30. The Morgan fingerprint density at radius 2 is 2.06 bits per heavy atom. The summed E-state index contributed by atoms with van der Waals surface area (Å²) in [6, 6.07) is 4.75. The van der Waals surface area contributed by atoms with Crippen LogP contribution in [-0.2, 0) is 6.54 Å². The highest BCUT2D eigenvalue weighted by Crippen LogP contribution is 2.14. The van der Waals surface area contributed by atoms with Gasteiger partial charge in [0.05, 0.1) is 6.54 Å². The van der Waals surface area contributed by atoms with Crippen LogP contribution in [0, 0.1) is 19.7 Å². The molecule has 2 rings (SSSR count). The van der Waals surface area contributed by atoms with E-state index in [0.29, 0.717) is 24.0 Å². The second-order valence-electron chi connectivity index (χ2n) is 3.59. The Labute approximate surface area is 92.5 Å². The summed E-state index contributed by atoms with van der Waals surface area (Å²) < 4.78 is 18.3. The monoisotopic (exact) mass is 221 g/mol. The maximum absolute atomic E-state index is 13.1. The van der Waals surface area contributed by atoms with Gasteiger partial charge in [-0.2, -0.15) is 0 Å². The van der Waals surface area contributed by atoms with Crippen molar-refractivity contribution in [2.75, 3.05) is 5.32 Å². The van der Waals surface area contributed by atoms with Gasteiger partial charge in [0.15, 0.2) is 0 Å². The Balaban J connectivity index is 2.04. The number of hydrogen-bond acceptors (Lipinski definition) is 4. The highest BCUT2D eigenvalue weighted by Gasteiger charge is 2.02. The van der Waals surface area contributed by atoms with Crippen molar-refractivity contribution in [3.8, 4) is 0 Å².